The van der Waals surface area contributed by atoms with Crippen LogP contribution in [-0.2, 0) is 4.79 Å². The zero-order valence-corrected chi connectivity index (χ0v) is 13.1. The van der Waals surface area contributed by atoms with Gasteiger partial charge in [-0.25, -0.2) is 5.10 Å². The minimum Gasteiger partial charge on any atom is -0.368 e. The summed E-state index contributed by atoms with van der Waals surface area (Å²) in [6.07, 6.45) is 1.06. The number of rotatable bonds is 7. The zero-order valence-electron chi connectivity index (χ0n) is 10.6. The Balaban J connectivity index is 1.77. The van der Waals surface area contributed by atoms with Gasteiger partial charge in [0.15, 0.2) is 0 Å². The number of carbonyl (C=O) groups is 1. The van der Waals surface area contributed by atoms with Crippen LogP contribution in [0, 0.1) is 0 Å². The third-order valence-corrected chi connectivity index (χ3v) is 4.55. The van der Waals surface area contributed by atoms with Crippen LogP contribution in [0.25, 0.3) is 0 Å². The van der Waals surface area contributed by atoms with E-state index >= 15 is 0 Å². The average molecular weight is 331 g/mol. The van der Waals surface area contributed by atoms with Gasteiger partial charge in [0.2, 0.25) is 27.3 Å². The maximum Gasteiger partial charge on any atom is 0.236 e. The third kappa shape index (κ3) is 4.65. The molecule has 0 aliphatic rings. The van der Waals surface area contributed by atoms with Crippen LogP contribution in [0.2, 0.25) is 0 Å². The van der Waals surface area contributed by atoms with Crippen LogP contribution in [0.15, 0.2) is 10.3 Å². The molecule has 2 aromatic heterocycles. The van der Waals surface area contributed by atoms with E-state index in [1.54, 1.807) is 11.8 Å². The summed E-state index contributed by atoms with van der Waals surface area (Å²) in [5, 5.41) is 10.7. The standard InChI is InChI=1S/C9H13N7OS3/c1-2-3-18-9-13-7(20-16-9)11-5(17)4-19-8-12-6(10)14-15-8/h2-4H2,1H3,(H3,10,12,14,15)(H,11,13,16,17). The topological polar surface area (TPSA) is 122 Å². The van der Waals surface area contributed by atoms with Crippen LogP contribution in [-0.4, -0.2) is 42.0 Å². The number of aromatic nitrogens is 5. The van der Waals surface area contributed by atoms with E-state index in [2.05, 4.69) is 36.8 Å². The van der Waals surface area contributed by atoms with Crippen molar-refractivity contribution in [3.63, 3.8) is 0 Å². The summed E-state index contributed by atoms with van der Waals surface area (Å²) < 4.78 is 4.15. The number of nitrogen functional groups attached to an aromatic ring is 1. The number of amides is 1. The molecule has 0 atom stereocenters. The zero-order chi connectivity index (χ0) is 14.4. The molecule has 0 saturated carbocycles. The molecule has 0 unspecified atom stereocenters. The number of nitrogens with zero attached hydrogens (tertiary/aromatic N) is 4. The van der Waals surface area contributed by atoms with Crippen LogP contribution in [0.5, 0.6) is 0 Å². The number of nitrogens with two attached hydrogens (primary N) is 1. The van der Waals surface area contributed by atoms with Crippen molar-refractivity contribution in [2.75, 3.05) is 22.6 Å². The lowest BCUT2D eigenvalue weighted by Gasteiger charge is -1.98. The maximum atomic E-state index is 11.7. The smallest absolute Gasteiger partial charge is 0.236 e. The van der Waals surface area contributed by atoms with E-state index in [1.807, 2.05) is 0 Å². The summed E-state index contributed by atoms with van der Waals surface area (Å²) in [5.74, 6) is 1.21. The van der Waals surface area contributed by atoms with Gasteiger partial charge in [-0.3, -0.25) is 10.1 Å². The molecule has 0 fully saturated rings. The molecular formula is C9H13N7OS3. The van der Waals surface area contributed by atoms with Gasteiger partial charge in [0.1, 0.15) is 0 Å². The lowest BCUT2D eigenvalue weighted by molar-refractivity contribution is -0.113. The van der Waals surface area contributed by atoms with Gasteiger partial charge < -0.3 is 5.73 Å². The fraction of sp³-hybridized carbons (Fsp3) is 0.444. The lowest BCUT2D eigenvalue weighted by atomic mass is 10.6. The van der Waals surface area contributed by atoms with Crippen molar-refractivity contribution in [2.45, 2.75) is 23.7 Å². The van der Waals surface area contributed by atoms with Crippen LogP contribution >= 0.6 is 35.1 Å². The molecule has 108 valence electrons. The monoisotopic (exact) mass is 331 g/mol. The molecule has 11 heteroatoms. The Labute approximate surface area is 127 Å². The normalized spacial score (nSPS) is 10.7. The first kappa shape index (κ1) is 15.1. The molecule has 0 bridgehead atoms. The van der Waals surface area contributed by atoms with Crippen molar-refractivity contribution in [1.29, 1.82) is 0 Å². The number of thioether (sulfide) groups is 2. The Morgan fingerprint density at radius 2 is 2.25 bits per heavy atom. The van der Waals surface area contributed by atoms with Gasteiger partial charge in [0, 0.05) is 17.3 Å². The van der Waals surface area contributed by atoms with E-state index in [9.17, 15) is 4.79 Å². The highest BCUT2D eigenvalue weighted by Gasteiger charge is 2.10. The van der Waals surface area contributed by atoms with E-state index in [1.165, 1.54) is 23.3 Å². The van der Waals surface area contributed by atoms with Crippen molar-refractivity contribution in [3.8, 4) is 0 Å². The van der Waals surface area contributed by atoms with Gasteiger partial charge in [0.05, 0.1) is 5.75 Å². The third-order valence-electron chi connectivity index (χ3n) is 1.90. The molecule has 0 saturated heterocycles. The first-order valence-corrected chi connectivity index (χ1v) is 8.49. The van der Waals surface area contributed by atoms with Crippen molar-refractivity contribution >= 4 is 52.0 Å². The molecular weight excluding hydrogens is 318 g/mol. The summed E-state index contributed by atoms with van der Waals surface area (Å²) >= 11 is 3.94. The fourth-order valence-corrected chi connectivity index (χ4v) is 3.14. The second-order valence-corrected chi connectivity index (χ2v) is 6.33. The van der Waals surface area contributed by atoms with Crippen molar-refractivity contribution < 1.29 is 4.79 Å². The van der Waals surface area contributed by atoms with Gasteiger partial charge in [-0.15, -0.1) is 5.10 Å². The highest BCUT2D eigenvalue weighted by Crippen LogP contribution is 2.21. The second kappa shape index (κ2) is 7.45. The molecule has 0 aliphatic carbocycles. The molecule has 0 radical (unpaired) electrons. The Hall–Kier alpha value is -1.33. The Morgan fingerprint density at radius 1 is 1.40 bits per heavy atom. The first-order chi connectivity index (χ1) is 9.67. The minimum absolute atomic E-state index is 0.179. The van der Waals surface area contributed by atoms with E-state index in [0.717, 1.165) is 12.2 Å². The number of hydrogen-bond acceptors (Lipinski definition) is 9. The quantitative estimate of drug-likeness (QED) is 0.652. The van der Waals surface area contributed by atoms with Crippen LogP contribution in [0.4, 0.5) is 11.1 Å². The SMILES string of the molecule is CCCSc1nsc(NC(=O)CSc2n[nH]c(N)n2)n1. The van der Waals surface area contributed by atoms with Gasteiger partial charge >= 0.3 is 0 Å². The fourth-order valence-electron chi connectivity index (χ4n) is 1.12. The van der Waals surface area contributed by atoms with Crippen LogP contribution in [0.1, 0.15) is 13.3 Å². The van der Waals surface area contributed by atoms with Crippen molar-refractivity contribution in [3.05, 3.63) is 0 Å². The van der Waals surface area contributed by atoms with Crippen molar-refractivity contribution in [1.82, 2.24) is 24.5 Å². The molecule has 2 rings (SSSR count). The molecule has 2 heterocycles. The van der Waals surface area contributed by atoms with Gasteiger partial charge in [-0.05, 0) is 6.42 Å². The molecule has 20 heavy (non-hydrogen) atoms. The number of hydrogen-bond donors (Lipinski definition) is 3. The number of nitrogens with one attached hydrogen (secondary N) is 2. The predicted octanol–water partition coefficient (Wildman–Crippen LogP) is 1.47. The highest BCUT2D eigenvalue weighted by atomic mass is 32.2. The average Bonchev–Trinajstić information content (AvgIpc) is 3.03. The van der Waals surface area contributed by atoms with E-state index < -0.39 is 0 Å². The largest absolute Gasteiger partial charge is 0.368 e. The van der Waals surface area contributed by atoms with Gasteiger partial charge in [0.25, 0.3) is 0 Å². The minimum atomic E-state index is -0.179. The van der Waals surface area contributed by atoms with E-state index in [4.69, 9.17) is 5.73 Å². The Morgan fingerprint density at radius 3 is 2.95 bits per heavy atom. The predicted molar refractivity (Wildman–Crippen MR) is 81.1 cm³/mol. The molecule has 8 nitrogen and oxygen atoms in total. The van der Waals surface area contributed by atoms with E-state index in [0.29, 0.717) is 15.4 Å². The number of anilines is 2. The van der Waals surface area contributed by atoms with E-state index in [-0.39, 0.29) is 17.6 Å². The summed E-state index contributed by atoms with van der Waals surface area (Å²) in [7, 11) is 0. The lowest BCUT2D eigenvalue weighted by Crippen LogP contribution is -2.13. The Kier molecular flexibility index (Phi) is 5.61. The molecule has 1 amide bonds. The van der Waals surface area contributed by atoms with Gasteiger partial charge in [-0.1, -0.05) is 30.4 Å². The number of aromatic amines is 1. The summed E-state index contributed by atoms with van der Waals surface area (Å²) in [4.78, 5) is 19.8. The number of carbonyl (C=O) groups excluding carboxylic acids is 1. The summed E-state index contributed by atoms with van der Waals surface area (Å²) in [5.41, 5.74) is 5.39. The summed E-state index contributed by atoms with van der Waals surface area (Å²) in [6.45, 7) is 2.09. The second-order valence-electron chi connectivity index (χ2n) is 3.57. The molecule has 0 aromatic carbocycles. The highest BCUT2D eigenvalue weighted by molar-refractivity contribution is 7.99. The molecule has 0 spiro atoms. The molecule has 0 aliphatic heterocycles. The number of H-pyrrole nitrogens is 1. The van der Waals surface area contributed by atoms with Crippen LogP contribution in [0.3, 0.4) is 0 Å². The Bertz CT molecular complexity index is 569. The first-order valence-electron chi connectivity index (χ1n) is 5.74. The molecule has 4 N–H and O–H groups in total. The van der Waals surface area contributed by atoms with Crippen LogP contribution < -0.4 is 11.1 Å². The van der Waals surface area contributed by atoms with Crippen molar-refractivity contribution in [2.24, 2.45) is 0 Å². The maximum absolute atomic E-state index is 11.7. The molecule has 2 aromatic rings. The van der Waals surface area contributed by atoms with Gasteiger partial charge in [-0.2, -0.15) is 14.3 Å². The summed E-state index contributed by atoms with van der Waals surface area (Å²) in [6, 6.07) is 0.